The van der Waals surface area contributed by atoms with Crippen LogP contribution in [0.4, 0.5) is 0 Å². The summed E-state index contributed by atoms with van der Waals surface area (Å²) in [6.07, 6.45) is 2.29. The molecule has 1 N–H and O–H groups in total. The van der Waals surface area contributed by atoms with Crippen molar-refractivity contribution >= 4 is 16.9 Å². The van der Waals surface area contributed by atoms with Crippen LogP contribution in [-0.4, -0.2) is 47.1 Å². The van der Waals surface area contributed by atoms with Crippen LogP contribution in [0.2, 0.25) is 0 Å². The van der Waals surface area contributed by atoms with Crippen LogP contribution < -0.4 is 0 Å². The summed E-state index contributed by atoms with van der Waals surface area (Å²) in [6.45, 7) is 1.52. The van der Waals surface area contributed by atoms with E-state index in [1.165, 1.54) is 0 Å². The molecule has 0 bridgehead atoms. The van der Waals surface area contributed by atoms with Crippen LogP contribution in [-0.2, 0) is 16.0 Å². The maximum Gasteiger partial charge on any atom is 0.223 e. The molecule has 1 fully saturated rings. The molecule has 1 aromatic carbocycles. The van der Waals surface area contributed by atoms with Gasteiger partial charge >= 0.3 is 0 Å². The van der Waals surface area contributed by atoms with Gasteiger partial charge in [0.15, 0.2) is 0 Å². The van der Waals surface area contributed by atoms with Crippen LogP contribution >= 0.6 is 0 Å². The molecule has 1 aliphatic rings. The number of likely N-dealkylation sites (tertiary alicyclic amines) is 1. The maximum absolute atomic E-state index is 12.1. The Morgan fingerprint density at radius 3 is 3.10 bits per heavy atom. The number of fused-ring (bicyclic) bond motifs is 1. The number of carbonyl (C=O) groups excluding carboxylic acids is 1. The van der Waals surface area contributed by atoms with Crippen molar-refractivity contribution in [2.75, 3.05) is 20.2 Å². The number of benzene rings is 1. The fraction of sp³-hybridized carbons (Fsp3) is 0.467. The van der Waals surface area contributed by atoms with Gasteiger partial charge in [-0.25, -0.2) is 4.98 Å². The van der Waals surface area contributed by atoms with E-state index in [2.05, 4.69) is 9.97 Å². The minimum Gasteiger partial charge on any atom is -0.380 e. The summed E-state index contributed by atoms with van der Waals surface area (Å²) >= 11 is 0. The number of imidazole rings is 1. The monoisotopic (exact) mass is 273 g/mol. The van der Waals surface area contributed by atoms with E-state index >= 15 is 0 Å². The van der Waals surface area contributed by atoms with Gasteiger partial charge in [0, 0.05) is 33.0 Å². The topological polar surface area (TPSA) is 58.2 Å². The summed E-state index contributed by atoms with van der Waals surface area (Å²) in [5.41, 5.74) is 1.98. The number of nitrogens with one attached hydrogen (secondary N) is 1. The minimum atomic E-state index is 0.185. The number of amides is 1. The third-order valence-corrected chi connectivity index (χ3v) is 3.85. The Morgan fingerprint density at radius 2 is 2.35 bits per heavy atom. The smallest absolute Gasteiger partial charge is 0.223 e. The number of hydrogen-bond acceptors (Lipinski definition) is 3. The van der Waals surface area contributed by atoms with Crippen molar-refractivity contribution in [3.63, 3.8) is 0 Å². The van der Waals surface area contributed by atoms with Crippen molar-refractivity contribution < 1.29 is 9.53 Å². The predicted octanol–water partition coefficient (Wildman–Crippen LogP) is 1.74. The first kappa shape index (κ1) is 13.1. The van der Waals surface area contributed by atoms with Crippen molar-refractivity contribution in [2.24, 2.45) is 0 Å². The Kier molecular flexibility index (Phi) is 3.69. The van der Waals surface area contributed by atoms with Gasteiger partial charge in [0.05, 0.1) is 17.1 Å². The standard InChI is InChI=1S/C15H19N3O2/c1-20-11-8-9-18(10-11)15(19)7-6-14-16-12-4-2-3-5-13(12)17-14/h2-5,11H,6-10H2,1H3,(H,16,17)/t11-/m0/s1. The minimum absolute atomic E-state index is 0.185. The van der Waals surface area contributed by atoms with E-state index in [0.29, 0.717) is 12.8 Å². The van der Waals surface area contributed by atoms with Gasteiger partial charge in [-0.15, -0.1) is 0 Å². The number of aromatic nitrogens is 2. The highest BCUT2D eigenvalue weighted by molar-refractivity contribution is 5.77. The predicted molar refractivity (Wildman–Crippen MR) is 76.4 cm³/mol. The zero-order valence-electron chi connectivity index (χ0n) is 11.6. The highest BCUT2D eigenvalue weighted by Gasteiger charge is 2.25. The lowest BCUT2D eigenvalue weighted by Gasteiger charge is -2.15. The number of H-pyrrole nitrogens is 1. The normalized spacial score (nSPS) is 18.9. The van der Waals surface area contributed by atoms with Gasteiger partial charge in [-0.2, -0.15) is 0 Å². The van der Waals surface area contributed by atoms with E-state index in [4.69, 9.17) is 4.74 Å². The van der Waals surface area contributed by atoms with Crippen LogP contribution in [0.25, 0.3) is 11.0 Å². The Bertz CT molecular complexity index is 575. The molecule has 5 heteroatoms. The molecule has 1 atom stereocenters. The molecule has 0 aliphatic carbocycles. The summed E-state index contributed by atoms with van der Waals surface area (Å²) < 4.78 is 5.28. The lowest BCUT2D eigenvalue weighted by molar-refractivity contribution is -0.130. The number of carbonyl (C=O) groups is 1. The van der Waals surface area contributed by atoms with Gasteiger partial charge < -0.3 is 14.6 Å². The second kappa shape index (κ2) is 5.63. The molecule has 2 aromatic rings. The molecule has 1 amide bonds. The number of rotatable bonds is 4. The zero-order chi connectivity index (χ0) is 13.9. The first-order valence-corrected chi connectivity index (χ1v) is 7.00. The molecular weight excluding hydrogens is 254 g/mol. The highest BCUT2D eigenvalue weighted by Crippen LogP contribution is 2.15. The van der Waals surface area contributed by atoms with E-state index in [9.17, 15) is 4.79 Å². The van der Waals surface area contributed by atoms with Gasteiger partial charge in [0.2, 0.25) is 5.91 Å². The largest absolute Gasteiger partial charge is 0.380 e. The van der Waals surface area contributed by atoms with Crippen molar-refractivity contribution in [1.82, 2.24) is 14.9 Å². The zero-order valence-corrected chi connectivity index (χ0v) is 11.6. The van der Waals surface area contributed by atoms with E-state index in [0.717, 1.165) is 36.4 Å². The molecule has 1 aromatic heterocycles. The van der Waals surface area contributed by atoms with E-state index in [1.807, 2.05) is 29.2 Å². The Hall–Kier alpha value is -1.88. The fourth-order valence-electron chi connectivity index (χ4n) is 2.65. The average Bonchev–Trinajstić information content (AvgIpc) is 3.10. The molecule has 0 unspecified atom stereocenters. The van der Waals surface area contributed by atoms with E-state index < -0.39 is 0 Å². The van der Waals surface area contributed by atoms with Crippen LogP contribution in [0.3, 0.4) is 0 Å². The molecule has 106 valence electrons. The number of methoxy groups -OCH3 is 1. The summed E-state index contributed by atoms with van der Waals surface area (Å²) in [4.78, 5) is 21.8. The van der Waals surface area contributed by atoms with Gasteiger partial charge in [-0.05, 0) is 18.6 Å². The van der Waals surface area contributed by atoms with E-state index in [1.54, 1.807) is 7.11 Å². The SMILES string of the molecule is CO[C@H]1CCN(C(=O)CCc2nc3ccccc3[nH]2)C1. The second-order valence-corrected chi connectivity index (χ2v) is 5.19. The summed E-state index contributed by atoms with van der Waals surface area (Å²) in [5.74, 6) is 1.06. The van der Waals surface area contributed by atoms with Crippen molar-refractivity contribution in [3.8, 4) is 0 Å². The lowest BCUT2D eigenvalue weighted by Crippen LogP contribution is -2.30. The third kappa shape index (κ3) is 2.67. The second-order valence-electron chi connectivity index (χ2n) is 5.19. The van der Waals surface area contributed by atoms with Crippen LogP contribution in [0.15, 0.2) is 24.3 Å². The van der Waals surface area contributed by atoms with Crippen LogP contribution in [0.1, 0.15) is 18.7 Å². The lowest BCUT2D eigenvalue weighted by atomic mass is 10.2. The van der Waals surface area contributed by atoms with Crippen molar-refractivity contribution in [3.05, 3.63) is 30.1 Å². The molecule has 1 aliphatic heterocycles. The molecule has 3 rings (SSSR count). The molecule has 2 heterocycles. The number of aryl methyl sites for hydroxylation is 1. The van der Waals surface area contributed by atoms with Crippen LogP contribution in [0, 0.1) is 0 Å². The number of hydrogen-bond donors (Lipinski definition) is 1. The van der Waals surface area contributed by atoms with Gasteiger partial charge in [-0.1, -0.05) is 12.1 Å². The number of para-hydroxylation sites is 2. The molecule has 0 radical (unpaired) electrons. The van der Waals surface area contributed by atoms with Crippen molar-refractivity contribution in [1.29, 1.82) is 0 Å². The molecule has 0 spiro atoms. The number of ether oxygens (including phenoxy) is 1. The summed E-state index contributed by atoms with van der Waals surface area (Å²) in [5, 5.41) is 0. The number of aromatic amines is 1. The molecule has 1 saturated heterocycles. The maximum atomic E-state index is 12.1. The third-order valence-electron chi connectivity index (χ3n) is 3.85. The first-order chi connectivity index (χ1) is 9.76. The Morgan fingerprint density at radius 1 is 1.50 bits per heavy atom. The van der Waals surface area contributed by atoms with Gasteiger partial charge in [0.25, 0.3) is 0 Å². The molecule has 0 saturated carbocycles. The fourth-order valence-corrected chi connectivity index (χ4v) is 2.65. The highest BCUT2D eigenvalue weighted by atomic mass is 16.5. The molecule has 5 nitrogen and oxygen atoms in total. The number of nitrogens with zero attached hydrogens (tertiary/aromatic N) is 2. The quantitative estimate of drug-likeness (QED) is 0.923. The van der Waals surface area contributed by atoms with Crippen LogP contribution in [0.5, 0.6) is 0 Å². The first-order valence-electron chi connectivity index (χ1n) is 7.00. The van der Waals surface area contributed by atoms with E-state index in [-0.39, 0.29) is 12.0 Å². The van der Waals surface area contributed by atoms with Gasteiger partial charge in [-0.3, -0.25) is 4.79 Å². The Labute approximate surface area is 117 Å². The van der Waals surface area contributed by atoms with Crippen molar-refractivity contribution in [2.45, 2.75) is 25.4 Å². The summed E-state index contributed by atoms with van der Waals surface area (Å²) in [6, 6.07) is 7.91. The Balaban J connectivity index is 1.57. The average molecular weight is 273 g/mol. The molecule has 20 heavy (non-hydrogen) atoms. The molecular formula is C15H19N3O2. The van der Waals surface area contributed by atoms with Gasteiger partial charge in [0.1, 0.15) is 5.82 Å². The summed E-state index contributed by atoms with van der Waals surface area (Å²) in [7, 11) is 1.70.